The minimum atomic E-state index is -0.987. The molecule has 0 saturated heterocycles. The van der Waals surface area contributed by atoms with Crippen LogP contribution in [0.4, 0.5) is 4.79 Å². The number of rotatable bonds is 2. The van der Waals surface area contributed by atoms with Crippen LogP contribution in [0.3, 0.4) is 0 Å². The molecule has 0 amide bonds. The van der Waals surface area contributed by atoms with Crippen molar-refractivity contribution in [2.75, 3.05) is 0 Å². The highest BCUT2D eigenvalue weighted by Gasteiger charge is 2.17. The maximum atomic E-state index is 11.4. The fourth-order valence-electron chi connectivity index (χ4n) is 1.16. The second-order valence-electron chi connectivity index (χ2n) is 3.12. The predicted molar refractivity (Wildman–Crippen MR) is 60.5 cm³/mol. The van der Waals surface area contributed by atoms with Crippen molar-refractivity contribution in [1.82, 2.24) is 8.70 Å². The van der Waals surface area contributed by atoms with Gasteiger partial charge < -0.3 is 25.3 Å². The maximum absolute atomic E-state index is 11.4. The Hall–Kier alpha value is -2.42. The van der Waals surface area contributed by atoms with Crippen molar-refractivity contribution in [2.24, 2.45) is 0 Å². The second-order valence-corrected chi connectivity index (χ2v) is 4.00. The molecule has 4 N–H and O–H groups in total. The van der Waals surface area contributed by atoms with Crippen molar-refractivity contribution in [3.8, 4) is 23.5 Å². The average Bonchev–Trinajstić information content (AvgIpc) is 2.79. The van der Waals surface area contributed by atoms with E-state index in [9.17, 15) is 25.2 Å². The summed E-state index contributed by atoms with van der Waals surface area (Å²) < 4.78 is 1.30. The van der Waals surface area contributed by atoms with Gasteiger partial charge in [-0.1, -0.05) is 0 Å². The molecule has 2 rings (SSSR count). The number of carbonyl (C=O) groups excluding carboxylic acids is 1. The first-order valence-corrected chi connectivity index (χ1v) is 5.36. The third-order valence-corrected chi connectivity index (χ3v) is 2.71. The molecule has 0 atom stereocenters. The molecule has 0 bridgehead atoms. The van der Waals surface area contributed by atoms with Crippen LogP contribution in [0.5, 0.6) is 23.5 Å². The van der Waals surface area contributed by atoms with Gasteiger partial charge in [-0.25, -0.2) is 8.77 Å². The van der Waals surface area contributed by atoms with Gasteiger partial charge in [0, 0.05) is 24.3 Å². The molecule has 2 aromatic rings. The molecule has 0 radical (unpaired) electrons. The van der Waals surface area contributed by atoms with E-state index in [-0.39, 0.29) is 11.8 Å². The van der Waals surface area contributed by atoms with Crippen molar-refractivity contribution in [2.45, 2.75) is 0 Å². The average molecular weight is 272 g/mol. The van der Waals surface area contributed by atoms with Crippen LogP contribution >= 0.6 is 11.9 Å². The predicted octanol–water partition coefficient (Wildman–Crippen LogP) is 0.857. The number of carbonyl (C=O) groups is 1. The topological polar surface area (TPSA) is 117 Å². The molecule has 0 aliphatic rings. The minimum Gasteiger partial charge on any atom is -0.494 e. The van der Waals surface area contributed by atoms with Crippen LogP contribution in [0.15, 0.2) is 24.3 Å². The molecule has 2 heterocycles. The van der Waals surface area contributed by atoms with Gasteiger partial charge in [-0.2, -0.15) is 0 Å². The van der Waals surface area contributed by atoms with Gasteiger partial charge in [0.1, 0.15) is 0 Å². The Kier molecular flexibility index (Phi) is 2.98. The molecule has 0 aliphatic carbocycles. The molecule has 0 spiro atoms. The van der Waals surface area contributed by atoms with Crippen LogP contribution < -0.4 is 4.84 Å². The Bertz CT molecular complexity index is 501. The zero-order valence-electron chi connectivity index (χ0n) is 8.72. The fraction of sp³-hybridized carbons (Fsp3) is 0. The molecule has 18 heavy (non-hydrogen) atoms. The van der Waals surface area contributed by atoms with Gasteiger partial charge in [0.15, 0.2) is 0 Å². The van der Waals surface area contributed by atoms with Gasteiger partial charge in [0.25, 0.3) is 0 Å². The lowest BCUT2D eigenvalue weighted by atomic mass is 10.6. The van der Waals surface area contributed by atoms with Crippen molar-refractivity contribution in [1.29, 1.82) is 0 Å². The second kappa shape index (κ2) is 4.45. The molecule has 2 aromatic heterocycles. The fourth-order valence-corrected chi connectivity index (χ4v) is 1.72. The standard InChI is InChI=1S/C9H8N2O6S/c12-5-1-2-6(13)10(5)17-9(16)18-11-7(14)3-4-8(11)15/h1-4,12-15H. The lowest BCUT2D eigenvalue weighted by Crippen LogP contribution is -2.15. The molecule has 96 valence electrons. The summed E-state index contributed by atoms with van der Waals surface area (Å²) in [6.45, 7) is 0. The third kappa shape index (κ3) is 2.15. The summed E-state index contributed by atoms with van der Waals surface area (Å²) in [6.07, 6.45) is 0. The van der Waals surface area contributed by atoms with Crippen LogP contribution in [-0.2, 0) is 0 Å². The van der Waals surface area contributed by atoms with E-state index in [1.807, 2.05) is 0 Å². The van der Waals surface area contributed by atoms with Gasteiger partial charge in [0.2, 0.25) is 23.5 Å². The van der Waals surface area contributed by atoms with Crippen molar-refractivity contribution in [3.63, 3.8) is 0 Å². The Morgan fingerprint density at radius 1 is 0.944 bits per heavy atom. The SMILES string of the molecule is O=C(On1c(O)ccc1O)Sn1c(O)ccc1O. The number of nitrogens with zero attached hydrogens (tertiary/aromatic N) is 2. The van der Waals surface area contributed by atoms with Gasteiger partial charge in [0.05, 0.1) is 11.9 Å². The highest BCUT2D eigenvalue weighted by atomic mass is 32.2. The highest BCUT2D eigenvalue weighted by molar-refractivity contribution is 8.12. The highest BCUT2D eigenvalue weighted by Crippen LogP contribution is 2.28. The van der Waals surface area contributed by atoms with Crippen LogP contribution in [0.2, 0.25) is 0 Å². The maximum Gasteiger partial charge on any atom is 0.413 e. The van der Waals surface area contributed by atoms with Gasteiger partial charge >= 0.3 is 5.30 Å². The van der Waals surface area contributed by atoms with Gasteiger partial charge in [-0.3, -0.25) is 0 Å². The van der Waals surface area contributed by atoms with Crippen LogP contribution in [0.25, 0.3) is 0 Å². The minimum absolute atomic E-state index is 0.332. The molecule has 0 saturated carbocycles. The first-order chi connectivity index (χ1) is 8.49. The molecule has 8 nitrogen and oxygen atoms in total. The van der Waals surface area contributed by atoms with E-state index in [0.717, 1.165) is 16.1 Å². The van der Waals surface area contributed by atoms with Crippen molar-refractivity contribution in [3.05, 3.63) is 24.3 Å². The molecule has 0 unspecified atom stereocenters. The van der Waals surface area contributed by atoms with E-state index < -0.39 is 17.1 Å². The first-order valence-electron chi connectivity index (χ1n) is 4.59. The summed E-state index contributed by atoms with van der Waals surface area (Å²) in [5.41, 5.74) is 0. The van der Waals surface area contributed by atoms with Crippen LogP contribution in [-0.4, -0.2) is 34.4 Å². The van der Waals surface area contributed by atoms with Crippen LogP contribution in [0.1, 0.15) is 0 Å². The monoisotopic (exact) mass is 272 g/mol. The molecule has 0 aromatic carbocycles. The van der Waals surface area contributed by atoms with E-state index >= 15 is 0 Å². The number of hydrogen-bond acceptors (Lipinski definition) is 7. The first kappa shape index (κ1) is 12.0. The summed E-state index contributed by atoms with van der Waals surface area (Å²) in [5.74, 6) is -1.64. The molecule has 0 aliphatic heterocycles. The lowest BCUT2D eigenvalue weighted by Gasteiger charge is -2.07. The van der Waals surface area contributed by atoms with E-state index in [4.69, 9.17) is 0 Å². The van der Waals surface area contributed by atoms with E-state index in [1.165, 1.54) is 12.1 Å². The normalized spacial score (nSPS) is 10.4. The van der Waals surface area contributed by atoms with E-state index in [2.05, 4.69) is 4.84 Å². The molecule has 9 heteroatoms. The van der Waals surface area contributed by atoms with Gasteiger partial charge in [-0.05, 0) is 0 Å². The molecular formula is C9H8N2O6S. The number of aromatic nitrogens is 2. The molecule has 0 fully saturated rings. The van der Waals surface area contributed by atoms with Crippen molar-refractivity contribution < 1.29 is 30.1 Å². The Labute approximate surface area is 104 Å². The van der Waals surface area contributed by atoms with E-state index in [1.54, 1.807) is 0 Å². The number of hydrogen-bond donors (Lipinski definition) is 4. The Balaban J connectivity index is 2.10. The van der Waals surface area contributed by atoms with Crippen LogP contribution in [0, 0.1) is 0 Å². The van der Waals surface area contributed by atoms with Crippen molar-refractivity contribution >= 4 is 17.2 Å². The summed E-state index contributed by atoms with van der Waals surface area (Å²) in [4.78, 5) is 16.0. The lowest BCUT2D eigenvalue weighted by molar-refractivity contribution is 0.131. The van der Waals surface area contributed by atoms with Gasteiger partial charge in [-0.15, -0.1) is 4.73 Å². The Morgan fingerprint density at radius 2 is 1.39 bits per heavy atom. The zero-order chi connectivity index (χ0) is 13.3. The smallest absolute Gasteiger partial charge is 0.413 e. The van der Waals surface area contributed by atoms with E-state index in [0.29, 0.717) is 16.7 Å². The summed E-state index contributed by atoms with van der Waals surface area (Å²) in [7, 11) is 0. The third-order valence-electron chi connectivity index (χ3n) is 1.93. The largest absolute Gasteiger partial charge is 0.494 e. The summed E-state index contributed by atoms with van der Waals surface area (Å²) >= 11 is 0.332. The molecular weight excluding hydrogens is 264 g/mol. The Morgan fingerprint density at radius 3 is 1.89 bits per heavy atom. The zero-order valence-corrected chi connectivity index (χ0v) is 9.53. The summed E-state index contributed by atoms with van der Waals surface area (Å²) in [5, 5.41) is 36.0. The number of aromatic hydroxyl groups is 4. The summed E-state index contributed by atoms with van der Waals surface area (Å²) in [6, 6.07) is 4.61. The quantitative estimate of drug-likeness (QED) is 0.640.